The third-order valence-corrected chi connectivity index (χ3v) is 4.82. The van der Waals surface area contributed by atoms with Crippen molar-refractivity contribution in [3.05, 3.63) is 29.8 Å². The maximum absolute atomic E-state index is 12.9. The molecular formula is C17H25N3O. The lowest BCUT2D eigenvalue weighted by Gasteiger charge is -2.36. The van der Waals surface area contributed by atoms with Gasteiger partial charge in [0, 0.05) is 31.9 Å². The third-order valence-electron chi connectivity index (χ3n) is 4.82. The van der Waals surface area contributed by atoms with Crippen LogP contribution in [-0.2, 0) is 10.2 Å². The Hall–Kier alpha value is -1.55. The molecule has 2 fully saturated rings. The van der Waals surface area contributed by atoms with Crippen LogP contribution in [0.5, 0.6) is 0 Å². The molecule has 1 saturated carbocycles. The maximum Gasteiger partial charge on any atom is 0.233 e. The van der Waals surface area contributed by atoms with Gasteiger partial charge in [0.1, 0.15) is 0 Å². The zero-order valence-corrected chi connectivity index (χ0v) is 12.8. The van der Waals surface area contributed by atoms with Crippen LogP contribution in [0.4, 0.5) is 5.69 Å². The summed E-state index contributed by atoms with van der Waals surface area (Å²) in [4.78, 5) is 17.4. The zero-order chi connectivity index (χ0) is 14.9. The van der Waals surface area contributed by atoms with Gasteiger partial charge in [0.05, 0.1) is 5.41 Å². The molecule has 1 amide bonds. The number of nitrogens with two attached hydrogens (primary N) is 1. The van der Waals surface area contributed by atoms with Gasteiger partial charge in [-0.1, -0.05) is 19.1 Å². The lowest BCUT2D eigenvalue weighted by atomic mass is 9.93. The summed E-state index contributed by atoms with van der Waals surface area (Å²) in [5.74, 6) is 0.323. The van der Waals surface area contributed by atoms with E-state index in [1.54, 1.807) is 0 Å². The van der Waals surface area contributed by atoms with Crippen molar-refractivity contribution in [3.8, 4) is 0 Å². The van der Waals surface area contributed by atoms with Gasteiger partial charge in [0.15, 0.2) is 0 Å². The predicted molar refractivity (Wildman–Crippen MR) is 85.1 cm³/mol. The highest BCUT2D eigenvalue weighted by atomic mass is 16.2. The lowest BCUT2D eigenvalue weighted by Crippen LogP contribution is -2.51. The molecule has 3 rings (SSSR count). The summed E-state index contributed by atoms with van der Waals surface area (Å²) in [5.41, 5.74) is 7.40. The maximum atomic E-state index is 12.9. The Balaban J connectivity index is 1.67. The smallest absolute Gasteiger partial charge is 0.233 e. The van der Waals surface area contributed by atoms with Crippen LogP contribution in [0, 0.1) is 0 Å². The number of hydrogen-bond donors (Lipinski definition) is 1. The number of hydrogen-bond acceptors (Lipinski definition) is 3. The minimum absolute atomic E-state index is 0.249. The van der Waals surface area contributed by atoms with E-state index in [9.17, 15) is 4.79 Å². The largest absolute Gasteiger partial charge is 0.399 e. The molecule has 1 aliphatic carbocycles. The van der Waals surface area contributed by atoms with Crippen LogP contribution >= 0.6 is 0 Å². The van der Waals surface area contributed by atoms with E-state index in [-0.39, 0.29) is 5.41 Å². The van der Waals surface area contributed by atoms with Gasteiger partial charge in [-0.3, -0.25) is 9.69 Å². The van der Waals surface area contributed by atoms with Crippen molar-refractivity contribution in [2.45, 2.75) is 31.6 Å². The normalized spacial score (nSPS) is 21.3. The molecule has 114 valence electrons. The average Bonchev–Trinajstić information content (AvgIpc) is 3.30. The number of nitrogen functional groups attached to an aromatic ring is 1. The SMILES string of the molecule is CCCN1CCN(C(=O)C2(c3ccc(N)cc3)CC2)CC1. The van der Waals surface area contributed by atoms with Crippen LogP contribution in [-0.4, -0.2) is 48.4 Å². The Bertz CT molecular complexity index is 499. The molecule has 2 aliphatic rings. The molecule has 0 radical (unpaired) electrons. The van der Waals surface area contributed by atoms with Crippen molar-refractivity contribution in [2.75, 3.05) is 38.5 Å². The Morgan fingerprint density at radius 2 is 1.76 bits per heavy atom. The highest BCUT2D eigenvalue weighted by Crippen LogP contribution is 2.49. The van der Waals surface area contributed by atoms with Crippen LogP contribution in [0.2, 0.25) is 0 Å². The number of anilines is 1. The fourth-order valence-corrected chi connectivity index (χ4v) is 3.35. The highest BCUT2D eigenvalue weighted by molar-refractivity contribution is 5.91. The summed E-state index contributed by atoms with van der Waals surface area (Å²) in [6, 6.07) is 7.85. The van der Waals surface area contributed by atoms with Crippen molar-refractivity contribution >= 4 is 11.6 Å². The molecule has 1 heterocycles. The van der Waals surface area contributed by atoms with Gasteiger partial charge in [0.25, 0.3) is 0 Å². The summed E-state index contributed by atoms with van der Waals surface area (Å²) in [6.45, 7) is 7.11. The average molecular weight is 287 g/mol. The van der Waals surface area contributed by atoms with Gasteiger partial charge in [-0.05, 0) is 43.5 Å². The van der Waals surface area contributed by atoms with E-state index in [1.807, 2.05) is 24.3 Å². The van der Waals surface area contributed by atoms with Crippen LogP contribution in [0.1, 0.15) is 31.7 Å². The third kappa shape index (κ3) is 2.77. The molecule has 1 aromatic carbocycles. The molecule has 1 saturated heterocycles. The standard InChI is InChI=1S/C17H25N3O/c1-2-9-19-10-12-20(13-11-19)16(21)17(7-8-17)14-3-5-15(18)6-4-14/h3-6H,2,7-13,18H2,1H3. The molecule has 1 aromatic rings. The number of carbonyl (C=O) groups is 1. The first-order valence-corrected chi connectivity index (χ1v) is 8.03. The van der Waals surface area contributed by atoms with Gasteiger partial charge in [-0.25, -0.2) is 0 Å². The molecule has 2 N–H and O–H groups in total. The van der Waals surface area contributed by atoms with Crippen molar-refractivity contribution in [2.24, 2.45) is 0 Å². The molecule has 0 atom stereocenters. The monoisotopic (exact) mass is 287 g/mol. The minimum Gasteiger partial charge on any atom is -0.399 e. The van der Waals surface area contributed by atoms with E-state index < -0.39 is 0 Å². The number of piperazine rings is 1. The zero-order valence-electron chi connectivity index (χ0n) is 12.8. The fourth-order valence-electron chi connectivity index (χ4n) is 3.35. The van der Waals surface area contributed by atoms with E-state index in [2.05, 4.69) is 16.7 Å². The Labute approximate surface area is 126 Å². The lowest BCUT2D eigenvalue weighted by molar-refractivity contribution is -0.135. The quantitative estimate of drug-likeness (QED) is 0.860. The first-order valence-electron chi connectivity index (χ1n) is 8.03. The van der Waals surface area contributed by atoms with Crippen LogP contribution in [0.3, 0.4) is 0 Å². The molecule has 0 aromatic heterocycles. The van der Waals surface area contributed by atoms with E-state index in [0.29, 0.717) is 5.91 Å². The van der Waals surface area contributed by atoms with E-state index in [0.717, 1.165) is 56.8 Å². The van der Waals surface area contributed by atoms with Gasteiger partial charge < -0.3 is 10.6 Å². The van der Waals surface area contributed by atoms with Gasteiger partial charge >= 0.3 is 0 Å². The van der Waals surface area contributed by atoms with Crippen molar-refractivity contribution in [3.63, 3.8) is 0 Å². The summed E-state index contributed by atoms with van der Waals surface area (Å²) >= 11 is 0. The molecule has 4 nitrogen and oxygen atoms in total. The second kappa shape index (κ2) is 5.68. The predicted octanol–water partition coefficient (Wildman–Crippen LogP) is 1.85. The van der Waals surface area contributed by atoms with Crippen molar-refractivity contribution in [1.82, 2.24) is 9.80 Å². The molecule has 0 spiro atoms. The highest BCUT2D eigenvalue weighted by Gasteiger charge is 2.53. The summed E-state index contributed by atoms with van der Waals surface area (Å²) in [6.07, 6.45) is 3.14. The van der Waals surface area contributed by atoms with E-state index >= 15 is 0 Å². The minimum atomic E-state index is -0.249. The number of carbonyl (C=O) groups excluding carboxylic acids is 1. The van der Waals surface area contributed by atoms with E-state index in [1.165, 1.54) is 6.42 Å². The van der Waals surface area contributed by atoms with Crippen LogP contribution in [0.15, 0.2) is 24.3 Å². The fraction of sp³-hybridized carbons (Fsp3) is 0.588. The van der Waals surface area contributed by atoms with Crippen LogP contribution in [0.25, 0.3) is 0 Å². The van der Waals surface area contributed by atoms with Gasteiger partial charge in [-0.2, -0.15) is 0 Å². The summed E-state index contributed by atoms with van der Waals surface area (Å²) < 4.78 is 0. The second-order valence-electron chi connectivity index (χ2n) is 6.34. The van der Waals surface area contributed by atoms with Crippen molar-refractivity contribution < 1.29 is 4.79 Å². The summed E-state index contributed by atoms with van der Waals surface area (Å²) in [7, 11) is 0. The molecule has 0 unspecified atom stereocenters. The van der Waals surface area contributed by atoms with Gasteiger partial charge in [0.2, 0.25) is 5.91 Å². The Morgan fingerprint density at radius 3 is 2.29 bits per heavy atom. The molecule has 4 heteroatoms. The topological polar surface area (TPSA) is 49.6 Å². The number of amides is 1. The first kappa shape index (κ1) is 14.4. The van der Waals surface area contributed by atoms with Crippen LogP contribution < -0.4 is 5.73 Å². The molecular weight excluding hydrogens is 262 g/mol. The Morgan fingerprint density at radius 1 is 1.14 bits per heavy atom. The molecule has 0 bridgehead atoms. The Kier molecular flexibility index (Phi) is 3.89. The number of benzene rings is 1. The summed E-state index contributed by atoms with van der Waals surface area (Å²) in [5, 5.41) is 0. The molecule has 21 heavy (non-hydrogen) atoms. The second-order valence-corrected chi connectivity index (χ2v) is 6.34. The van der Waals surface area contributed by atoms with E-state index in [4.69, 9.17) is 5.73 Å². The molecule has 1 aliphatic heterocycles. The number of nitrogens with zero attached hydrogens (tertiary/aromatic N) is 2. The first-order chi connectivity index (χ1) is 10.2. The number of rotatable bonds is 4. The van der Waals surface area contributed by atoms with Crippen molar-refractivity contribution in [1.29, 1.82) is 0 Å². The van der Waals surface area contributed by atoms with Gasteiger partial charge in [-0.15, -0.1) is 0 Å².